The molecule has 3 N–H and O–H groups in total. The number of ether oxygens (including phenoxy) is 1. The fraction of sp³-hybridized carbons (Fsp3) is 0.182. The minimum Gasteiger partial charge on any atom is -0.496 e. The normalized spacial score (nSPS) is 10.4. The van der Waals surface area contributed by atoms with Gasteiger partial charge in [-0.2, -0.15) is 5.10 Å². The van der Waals surface area contributed by atoms with Gasteiger partial charge in [-0.05, 0) is 30.7 Å². The standard InChI is InChI=1S/C11H12ClN3O/c1-6-5-7(3-4-8(6)16-2)10-9(12)11(13)15-14-10/h3-5H,1-2H3,(H3,13,14,15). The lowest BCUT2D eigenvalue weighted by Gasteiger charge is -2.06. The number of nitrogens with two attached hydrogens (primary N) is 1. The number of benzene rings is 1. The van der Waals surface area contributed by atoms with Gasteiger partial charge in [0.05, 0.1) is 12.8 Å². The van der Waals surface area contributed by atoms with Crippen LogP contribution < -0.4 is 10.5 Å². The second kappa shape index (κ2) is 4.06. The minimum absolute atomic E-state index is 0.310. The molecule has 1 aromatic carbocycles. The maximum absolute atomic E-state index is 6.02. The molecule has 5 heteroatoms. The number of H-pyrrole nitrogens is 1. The molecule has 0 saturated carbocycles. The molecule has 16 heavy (non-hydrogen) atoms. The molecular weight excluding hydrogens is 226 g/mol. The third-order valence-electron chi connectivity index (χ3n) is 2.42. The third kappa shape index (κ3) is 1.72. The molecule has 0 aliphatic rings. The number of anilines is 1. The van der Waals surface area contributed by atoms with Gasteiger partial charge >= 0.3 is 0 Å². The Balaban J connectivity index is 2.49. The fourth-order valence-corrected chi connectivity index (χ4v) is 1.76. The van der Waals surface area contributed by atoms with Gasteiger partial charge in [0, 0.05) is 5.56 Å². The van der Waals surface area contributed by atoms with E-state index in [1.807, 2.05) is 25.1 Å². The summed E-state index contributed by atoms with van der Waals surface area (Å²) in [5.41, 5.74) is 8.27. The first-order chi connectivity index (χ1) is 7.63. The van der Waals surface area contributed by atoms with Crippen molar-refractivity contribution in [3.05, 3.63) is 28.8 Å². The number of aryl methyl sites for hydroxylation is 1. The van der Waals surface area contributed by atoms with Crippen LogP contribution in [-0.4, -0.2) is 17.3 Å². The summed E-state index contributed by atoms with van der Waals surface area (Å²) in [6.45, 7) is 1.97. The van der Waals surface area contributed by atoms with Crippen LogP contribution in [0.2, 0.25) is 5.02 Å². The van der Waals surface area contributed by atoms with E-state index in [0.29, 0.717) is 10.8 Å². The largest absolute Gasteiger partial charge is 0.496 e. The highest BCUT2D eigenvalue weighted by molar-refractivity contribution is 6.35. The molecule has 0 saturated heterocycles. The third-order valence-corrected chi connectivity index (χ3v) is 2.80. The molecule has 4 nitrogen and oxygen atoms in total. The van der Waals surface area contributed by atoms with Gasteiger partial charge in [0.2, 0.25) is 0 Å². The fourth-order valence-electron chi connectivity index (χ4n) is 1.57. The first-order valence-electron chi connectivity index (χ1n) is 4.78. The molecule has 0 atom stereocenters. The average molecular weight is 238 g/mol. The maximum atomic E-state index is 6.02. The summed E-state index contributed by atoms with van der Waals surface area (Å²) in [6, 6.07) is 5.76. The summed E-state index contributed by atoms with van der Waals surface area (Å²) < 4.78 is 5.19. The van der Waals surface area contributed by atoms with E-state index in [-0.39, 0.29) is 0 Å². The van der Waals surface area contributed by atoms with Crippen molar-refractivity contribution in [1.29, 1.82) is 0 Å². The monoisotopic (exact) mass is 237 g/mol. The number of nitrogen functional groups attached to an aromatic ring is 1. The molecule has 2 rings (SSSR count). The van der Waals surface area contributed by atoms with Crippen LogP contribution in [0.1, 0.15) is 5.56 Å². The lowest BCUT2D eigenvalue weighted by molar-refractivity contribution is 0.412. The second-order valence-corrected chi connectivity index (χ2v) is 3.86. The van der Waals surface area contributed by atoms with Crippen LogP contribution in [-0.2, 0) is 0 Å². The van der Waals surface area contributed by atoms with Gasteiger partial charge in [-0.1, -0.05) is 11.6 Å². The number of hydrogen-bond donors (Lipinski definition) is 2. The molecule has 0 bridgehead atoms. The highest BCUT2D eigenvalue weighted by Gasteiger charge is 2.11. The Bertz CT molecular complexity index is 522. The van der Waals surface area contributed by atoms with Crippen LogP contribution in [0.5, 0.6) is 5.75 Å². The SMILES string of the molecule is COc1ccc(-c2[nH]nc(N)c2Cl)cc1C. The van der Waals surface area contributed by atoms with Crippen molar-refractivity contribution in [2.24, 2.45) is 0 Å². The van der Waals surface area contributed by atoms with Gasteiger partial charge < -0.3 is 10.5 Å². The highest BCUT2D eigenvalue weighted by atomic mass is 35.5. The molecule has 1 heterocycles. The van der Waals surface area contributed by atoms with Gasteiger partial charge in [0.1, 0.15) is 10.8 Å². The van der Waals surface area contributed by atoms with Gasteiger partial charge in [-0.3, -0.25) is 5.10 Å². The number of nitrogens with one attached hydrogen (secondary N) is 1. The average Bonchev–Trinajstić information content (AvgIpc) is 2.60. The Morgan fingerprint density at radius 2 is 2.19 bits per heavy atom. The Morgan fingerprint density at radius 3 is 2.69 bits per heavy atom. The number of hydrogen-bond acceptors (Lipinski definition) is 3. The van der Waals surface area contributed by atoms with Crippen LogP contribution in [0.25, 0.3) is 11.3 Å². The number of methoxy groups -OCH3 is 1. The van der Waals surface area contributed by atoms with Crippen LogP contribution in [0, 0.1) is 6.92 Å². The van der Waals surface area contributed by atoms with Crippen LogP contribution >= 0.6 is 11.6 Å². The summed E-state index contributed by atoms with van der Waals surface area (Å²) in [5, 5.41) is 7.11. The zero-order chi connectivity index (χ0) is 11.7. The van der Waals surface area contributed by atoms with Crippen molar-refractivity contribution in [2.45, 2.75) is 6.92 Å². The first kappa shape index (κ1) is 10.8. The van der Waals surface area contributed by atoms with E-state index in [1.165, 1.54) is 0 Å². The van der Waals surface area contributed by atoms with Crippen molar-refractivity contribution in [1.82, 2.24) is 10.2 Å². The topological polar surface area (TPSA) is 63.9 Å². The second-order valence-electron chi connectivity index (χ2n) is 3.48. The van der Waals surface area contributed by atoms with Crippen LogP contribution in [0.4, 0.5) is 5.82 Å². The number of nitrogens with zero attached hydrogens (tertiary/aromatic N) is 1. The number of halogens is 1. The highest BCUT2D eigenvalue weighted by Crippen LogP contribution is 2.32. The molecular formula is C11H12ClN3O. The zero-order valence-corrected chi connectivity index (χ0v) is 9.80. The summed E-state index contributed by atoms with van der Waals surface area (Å²) in [5.74, 6) is 1.15. The Labute approximate surface area is 98.4 Å². The summed E-state index contributed by atoms with van der Waals surface area (Å²) in [4.78, 5) is 0. The van der Waals surface area contributed by atoms with Crippen LogP contribution in [0.3, 0.4) is 0 Å². The summed E-state index contributed by atoms with van der Waals surface area (Å²) in [7, 11) is 1.64. The van der Waals surface area contributed by atoms with Gasteiger partial charge in [-0.25, -0.2) is 0 Å². The van der Waals surface area contributed by atoms with E-state index in [9.17, 15) is 0 Å². The molecule has 1 aromatic heterocycles. The van der Waals surface area contributed by atoms with E-state index in [2.05, 4.69) is 10.2 Å². The molecule has 0 amide bonds. The summed E-state index contributed by atoms with van der Waals surface area (Å²) >= 11 is 6.02. The van der Waals surface area contributed by atoms with Crippen molar-refractivity contribution < 1.29 is 4.74 Å². The Kier molecular flexibility index (Phi) is 2.75. The molecule has 2 aromatic rings. The van der Waals surface area contributed by atoms with Crippen molar-refractivity contribution >= 4 is 17.4 Å². The molecule has 0 radical (unpaired) electrons. The zero-order valence-electron chi connectivity index (χ0n) is 9.04. The smallest absolute Gasteiger partial charge is 0.164 e. The maximum Gasteiger partial charge on any atom is 0.164 e. The van der Waals surface area contributed by atoms with E-state index >= 15 is 0 Å². The molecule has 0 unspecified atom stereocenters. The van der Waals surface area contributed by atoms with Crippen molar-refractivity contribution in [3.8, 4) is 17.0 Å². The number of rotatable bonds is 2. The summed E-state index contributed by atoms with van der Waals surface area (Å²) in [6.07, 6.45) is 0. The van der Waals surface area contributed by atoms with Crippen LogP contribution in [0.15, 0.2) is 18.2 Å². The van der Waals surface area contributed by atoms with E-state index in [4.69, 9.17) is 22.1 Å². The van der Waals surface area contributed by atoms with Crippen molar-refractivity contribution in [3.63, 3.8) is 0 Å². The molecule has 0 fully saturated rings. The molecule has 0 spiro atoms. The van der Waals surface area contributed by atoms with E-state index < -0.39 is 0 Å². The molecule has 0 aliphatic carbocycles. The number of aromatic amines is 1. The van der Waals surface area contributed by atoms with E-state index in [1.54, 1.807) is 7.11 Å². The lowest BCUT2D eigenvalue weighted by Crippen LogP contribution is -1.88. The Hall–Kier alpha value is -1.68. The molecule has 0 aliphatic heterocycles. The van der Waals surface area contributed by atoms with Crippen molar-refractivity contribution in [2.75, 3.05) is 12.8 Å². The lowest BCUT2D eigenvalue weighted by atomic mass is 10.1. The van der Waals surface area contributed by atoms with Gasteiger partial charge in [-0.15, -0.1) is 0 Å². The quantitative estimate of drug-likeness (QED) is 0.844. The predicted molar refractivity (Wildman–Crippen MR) is 64.7 cm³/mol. The Morgan fingerprint density at radius 1 is 1.44 bits per heavy atom. The molecule has 84 valence electrons. The van der Waals surface area contributed by atoms with Gasteiger partial charge in [0.25, 0.3) is 0 Å². The minimum atomic E-state index is 0.310. The predicted octanol–water partition coefficient (Wildman–Crippen LogP) is 2.63. The van der Waals surface area contributed by atoms with Gasteiger partial charge in [0.15, 0.2) is 5.82 Å². The van der Waals surface area contributed by atoms with E-state index in [0.717, 1.165) is 22.6 Å². The number of aromatic nitrogens is 2. The first-order valence-corrected chi connectivity index (χ1v) is 5.15.